The molecule has 0 fully saturated rings. The smallest absolute Gasteiger partial charge is 0.323 e. The summed E-state index contributed by atoms with van der Waals surface area (Å²) in [5, 5.41) is 9.05. The molecule has 5 nitrogen and oxygen atoms in total. The Morgan fingerprint density at radius 2 is 1.75 bits per heavy atom. The summed E-state index contributed by atoms with van der Waals surface area (Å²) in [7, 11) is 0. The molecule has 20 heavy (non-hydrogen) atoms. The molecule has 0 radical (unpaired) electrons. The maximum Gasteiger partial charge on any atom is 0.323 e. The lowest BCUT2D eigenvalue weighted by molar-refractivity contribution is -0.143. The number of carboxylic acid groups (broad SMARTS) is 1. The van der Waals surface area contributed by atoms with Crippen LogP contribution in [-0.4, -0.2) is 29.8 Å². The molecule has 1 rings (SSSR count). The molecule has 1 aromatic rings. The van der Waals surface area contributed by atoms with E-state index in [9.17, 15) is 4.79 Å². The number of aliphatic carboxylic acids is 1. The van der Waals surface area contributed by atoms with Gasteiger partial charge in [0, 0.05) is 0 Å². The zero-order valence-electron chi connectivity index (χ0n) is 12.1. The number of hydrogen-bond acceptors (Lipinski definition) is 4. The molecular formula is C15H23NO4. The van der Waals surface area contributed by atoms with Crippen molar-refractivity contribution in [2.45, 2.75) is 38.6 Å². The molecule has 0 spiro atoms. The Bertz CT molecular complexity index is 418. The lowest BCUT2D eigenvalue weighted by Gasteiger charge is -2.22. The van der Waals surface area contributed by atoms with E-state index in [1.54, 1.807) is 6.92 Å². The Balaban J connectivity index is 2.35. The maximum atomic E-state index is 11.0. The zero-order valence-corrected chi connectivity index (χ0v) is 12.1. The second-order valence-corrected chi connectivity index (χ2v) is 4.67. The minimum atomic E-state index is -1.15. The number of rotatable bonds is 9. The number of benzene rings is 1. The SMILES string of the molecule is CCOc1ccc(OCCCC(N)(CC)C(=O)O)cc1. The van der Waals surface area contributed by atoms with E-state index in [0.717, 1.165) is 11.5 Å². The first-order chi connectivity index (χ1) is 9.51. The summed E-state index contributed by atoms with van der Waals surface area (Å²) in [5.41, 5.74) is 4.65. The van der Waals surface area contributed by atoms with Gasteiger partial charge in [-0.25, -0.2) is 0 Å². The minimum Gasteiger partial charge on any atom is -0.494 e. The van der Waals surface area contributed by atoms with Crippen molar-refractivity contribution in [2.24, 2.45) is 5.73 Å². The number of hydrogen-bond donors (Lipinski definition) is 2. The highest BCUT2D eigenvalue weighted by molar-refractivity contribution is 5.78. The van der Waals surface area contributed by atoms with Gasteiger partial charge in [-0.2, -0.15) is 0 Å². The largest absolute Gasteiger partial charge is 0.494 e. The molecule has 1 unspecified atom stereocenters. The first-order valence-corrected chi connectivity index (χ1v) is 6.89. The highest BCUT2D eigenvalue weighted by atomic mass is 16.5. The van der Waals surface area contributed by atoms with Gasteiger partial charge < -0.3 is 20.3 Å². The van der Waals surface area contributed by atoms with Crippen LogP contribution in [-0.2, 0) is 4.79 Å². The molecule has 3 N–H and O–H groups in total. The summed E-state index contributed by atoms with van der Waals surface area (Å²) in [6, 6.07) is 7.35. The van der Waals surface area contributed by atoms with E-state index >= 15 is 0 Å². The summed E-state index contributed by atoms with van der Waals surface area (Å²) in [6.07, 6.45) is 1.41. The zero-order chi connectivity index (χ0) is 15.0. The van der Waals surface area contributed by atoms with Crippen LogP contribution in [0, 0.1) is 0 Å². The molecule has 112 valence electrons. The van der Waals surface area contributed by atoms with E-state index in [2.05, 4.69) is 0 Å². The standard InChI is InChI=1S/C15H23NO4/c1-3-15(16,14(17)18)10-5-11-20-13-8-6-12(7-9-13)19-4-2/h6-9H,3-5,10-11,16H2,1-2H3,(H,17,18). The predicted molar refractivity (Wildman–Crippen MR) is 77.2 cm³/mol. The lowest BCUT2D eigenvalue weighted by atomic mass is 9.92. The lowest BCUT2D eigenvalue weighted by Crippen LogP contribution is -2.47. The third-order valence-corrected chi connectivity index (χ3v) is 3.23. The van der Waals surface area contributed by atoms with Gasteiger partial charge in [0.1, 0.15) is 17.0 Å². The van der Waals surface area contributed by atoms with Crippen molar-refractivity contribution in [1.29, 1.82) is 0 Å². The van der Waals surface area contributed by atoms with E-state index in [1.165, 1.54) is 0 Å². The van der Waals surface area contributed by atoms with Gasteiger partial charge in [0.25, 0.3) is 0 Å². The van der Waals surface area contributed by atoms with Crippen molar-refractivity contribution in [3.63, 3.8) is 0 Å². The molecule has 0 aliphatic rings. The van der Waals surface area contributed by atoms with Gasteiger partial charge >= 0.3 is 5.97 Å². The van der Waals surface area contributed by atoms with E-state index in [4.69, 9.17) is 20.3 Å². The van der Waals surface area contributed by atoms with Crippen LogP contribution in [0.5, 0.6) is 11.5 Å². The molecule has 0 bridgehead atoms. The van der Waals surface area contributed by atoms with Gasteiger partial charge in [-0.1, -0.05) is 6.92 Å². The molecule has 0 heterocycles. The van der Waals surface area contributed by atoms with Gasteiger partial charge in [0.2, 0.25) is 0 Å². The molecule has 0 amide bonds. The summed E-state index contributed by atoms with van der Waals surface area (Å²) in [6.45, 7) is 4.78. The van der Waals surface area contributed by atoms with E-state index in [-0.39, 0.29) is 0 Å². The molecule has 1 aromatic carbocycles. The summed E-state index contributed by atoms with van der Waals surface area (Å²) in [4.78, 5) is 11.0. The Kier molecular flexibility index (Phi) is 6.31. The topological polar surface area (TPSA) is 81.8 Å². The second kappa shape index (κ2) is 7.75. The molecule has 1 atom stereocenters. The van der Waals surface area contributed by atoms with Gasteiger partial charge in [-0.3, -0.25) is 4.79 Å². The van der Waals surface area contributed by atoms with Gasteiger partial charge in [-0.05, 0) is 50.5 Å². The van der Waals surface area contributed by atoms with Crippen LogP contribution >= 0.6 is 0 Å². The van der Waals surface area contributed by atoms with Gasteiger partial charge in [-0.15, -0.1) is 0 Å². The fourth-order valence-corrected chi connectivity index (χ4v) is 1.81. The van der Waals surface area contributed by atoms with Crippen LogP contribution < -0.4 is 15.2 Å². The number of nitrogens with two attached hydrogens (primary N) is 1. The first-order valence-electron chi connectivity index (χ1n) is 6.89. The summed E-state index contributed by atoms with van der Waals surface area (Å²) < 4.78 is 10.9. The van der Waals surface area contributed by atoms with Gasteiger partial charge in [0.05, 0.1) is 13.2 Å². The average Bonchev–Trinajstić information content (AvgIpc) is 2.45. The van der Waals surface area contributed by atoms with Crippen molar-refractivity contribution in [2.75, 3.05) is 13.2 Å². The van der Waals surface area contributed by atoms with Crippen LogP contribution in [0.3, 0.4) is 0 Å². The quantitative estimate of drug-likeness (QED) is 0.679. The maximum absolute atomic E-state index is 11.0. The van der Waals surface area contributed by atoms with E-state index in [1.807, 2.05) is 31.2 Å². The molecular weight excluding hydrogens is 258 g/mol. The van der Waals surface area contributed by atoms with E-state index in [0.29, 0.717) is 32.5 Å². The number of ether oxygens (including phenoxy) is 2. The van der Waals surface area contributed by atoms with Crippen molar-refractivity contribution < 1.29 is 19.4 Å². The normalized spacial score (nSPS) is 13.6. The third-order valence-electron chi connectivity index (χ3n) is 3.23. The summed E-state index contributed by atoms with van der Waals surface area (Å²) in [5.74, 6) is 0.585. The third kappa shape index (κ3) is 4.74. The molecule has 0 aromatic heterocycles. The number of carboxylic acids is 1. The molecule has 5 heteroatoms. The Morgan fingerprint density at radius 3 is 2.20 bits per heavy atom. The summed E-state index contributed by atoms with van der Waals surface area (Å²) >= 11 is 0. The van der Waals surface area contributed by atoms with Crippen molar-refractivity contribution in [1.82, 2.24) is 0 Å². The highest BCUT2D eigenvalue weighted by Crippen LogP contribution is 2.19. The number of carbonyl (C=O) groups is 1. The van der Waals surface area contributed by atoms with Crippen molar-refractivity contribution in [3.8, 4) is 11.5 Å². The molecule has 0 aliphatic heterocycles. The van der Waals surface area contributed by atoms with Crippen molar-refractivity contribution >= 4 is 5.97 Å². The van der Waals surface area contributed by atoms with E-state index < -0.39 is 11.5 Å². The fourth-order valence-electron chi connectivity index (χ4n) is 1.81. The van der Waals surface area contributed by atoms with Crippen LogP contribution in [0.1, 0.15) is 33.1 Å². The molecule has 0 saturated carbocycles. The molecule has 0 saturated heterocycles. The Hall–Kier alpha value is -1.75. The van der Waals surface area contributed by atoms with Crippen LogP contribution in [0.2, 0.25) is 0 Å². The molecule has 0 aliphatic carbocycles. The predicted octanol–water partition coefficient (Wildman–Crippen LogP) is 2.44. The fraction of sp³-hybridized carbons (Fsp3) is 0.533. The highest BCUT2D eigenvalue weighted by Gasteiger charge is 2.30. The van der Waals surface area contributed by atoms with Gasteiger partial charge in [0.15, 0.2) is 0 Å². The van der Waals surface area contributed by atoms with Crippen molar-refractivity contribution in [3.05, 3.63) is 24.3 Å². The Labute approximate surface area is 119 Å². The first kappa shape index (κ1) is 16.3. The Morgan fingerprint density at radius 1 is 1.20 bits per heavy atom. The second-order valence-electron chi connectivity index (χ2n) is 4.67. The van der Waals surface area contributed by atoms with Crippen LogP contribution in [0.4, 0.5) is 0 Å². The van der Waals surface area contributed by atoms with Crippen LogP contribution in [0.25, 0.3) is 0 Å². The monoisotopic (exact) mass is 281 g/mol. The average molecular weight is 281 g/mol. The van der Waals surface area contributed by atoms with Crippen LogP contribution in [0.15, 0.2) is 24.3 Å². The minimum absolute atomic E-state index is 0.399.